The second kappa shape index (κ2) is 8.56. The average Bonchev–Trinajstić information content (AvgIpc) is 3.38. The third-order valence-corrected chi connectivity index (χ3v) is 5.52. The Morgan fingerprint density at radius 3 is 2.60 bits per heavy atom. The first-order valence-corrected chi connectivity index (χ1v) is 10.1. The zero-order chi connectivity index (χ0) is 21.1. The van der Waals surface area contributed by atoms with Crippen LogP contribution in [-0.4, -0.2) is 23.3 Å². The molecule has 0 radical (unpaired) electrons. The van der Waals surface area contributed by atoms with Gasteiger partial charge in [0.25, 0.3) is 5.91 Å². The van der Waals surface area contributed by atoms with Gasteiger partial charge in [0, 0.05) is 0 Å². The third-order valence-electron chi connectivity index (χ3n) is 4.22. The van der Waals surface area contributed by atoms with E-state index in [9.17, 15) is 9.59 Å². The molecular formula is C22H15NO5S2. The van der Waals surface area contributed by atoms with Gasteiger partial charge in [-0.05, 0) is 48.0 Å². The van der Waals surface area contributed by atoms with E-state index in [4.69, 9.17) is 26.1 Å². The summed E-state index contributed by atoms with van der Waals surface area (Å²) >= 11 is 6.61. The molecule has 0 N–H and O–H groups in total. The molecule has 2 heterocycles. The standard InChI is InChI=1S/C22H15NO5S2/c1-26-18-12-14(9-10-16(18)28-21(25)17-8-5-11-27-17)13-19-20(24)23(22(29)30-19)15-6-3-2-4-7-15/h2-13H,1H3. The number of hydrogen-bond donors (Lipinski definition) is 0. The maximum absolute atomic E-state index is 12.9. The summed E-state index contributed by atoms with van der Waals surface area (Å²) in [7, 11) is 1.47. The number of esters is 1. The zero-order valence-corrected chi connectivity index (χ0v) is 17.4. The lowest BCUT2D eigenvalue weighted by molar-refractivity contribution is -0.113. The minimum absolute atomic E-state index is 0.0886. The van der Waals surface area contributed by atoms with Crippen molar-refractivity contribution < 1.29 is 23.5 Å². The Morgan fingerprint density at radius 2 is 1.90 bits per heavy atom. The van der Waals surface area contributed by atoms with Crippen molar-refractivity contribution in [3.63, 3.8) is 0 Å². The number of rotatable bonds is 5. The number of thiocarbonyl (C=S) groups is 1. The SMILES string of the molecule is COc1cc(C=C2SC(=S)N(c3ccccc3)C2=O)ccc1OC(=O)c1ccco1. The van der Waals surface area contributed by atoms with Gasteiger partial charge in [-0.25, -0.2) is 4.79 Å². The van der Waals surface area contributed by atoms with Crippen molar-refractivity contribution in [3.05, 3.63) is 83.2 Å². The fraction of sp³-hybridized carbons (Fsp3) is 0.0455. The molecule has 1 saturated heterocycles. The van der Waals surface area contributed by atoms with Gasteiger partial charge in [0.05, 0.1) is 24.0 Å². The second-order valence-electron chi connectivity index (χ2n) is 6.13. The molecule has 1 aromatic heterocycles. The molecule has 1 fully saturated rings. The Morgan fingerprint density at radius 1 is 1.10 bits per heavy atom. The van der Waals surface area contributed by atoms with E-state index in [1.807, 2.05) is 30.3 Å². The minimum atomic E-state index is -0.630. The summed E-state index contributed by atoms with van der Waals surface area (Å²) in [4.78, 5) is 27.0. The molecule has 0 unspecified atom stereocenters. The fourth-order valence-corrected chi connectivity index (χ4v) is 4.12. The Kier molecular flexibility index (Phi) is 5.69. The summed E-state index contributed by atoms with van der Waals surface area (Å²) in [6.07, 6.45) is 3.12. The van der Waals surface area contributed by atoms with Crippen molar-refractivity contribution in [1.82, 2.24) is 0 Å². The molecule has 0 spiro atoms. The van der Waals surface area contributed by atoms with E-state index in [1.165, 1.54) is 36.1 Å². The number of furan rings is 1. The number of nitrogens with zero attached hydrogens (tertiary/aromatic N) is 1. The lowest BCUT2D eigenvalue weighted by Gasteiger charge is -2.13. The first-order chi connectivity index (χ1) is 14.6. The van der Waals surface area contributed by atoms with E-state index >= 15 is 0 Å². The predicted molar refractivity (Wildman–Crippen MR) is 119 cm³/mol. The quantitative estimate of drug-likeness (QED) is 0.243. The molecule has 0 atom stereocenters. The maximum Gasteiger partial charge on any atom is 0.379 e. The second-order valence-corrected chi connectivity index (χ2v) is 7.81. The molecule has 6 nitrogen and oxygen atoms in total. The van der Waals surface area contributed by atoms with Gasteiger partial charge in [-0.2, -0.15) is 0 Å². The highest BCUT2D eigenvalue weighted by Crippen LogP contribution is 2.37. The summed E-state index contributed by atoms with van der Waals surface area (Å²) in [5.41, 5.74) is 1.43. The van der Waals surface area contributed by atoms with Crippen LogP contribution in [0, 0.1) is 0 Å². The number of carbonyl (C=O) groups excluding carboxylic acids is 2. The number of ether oxygens (including phenoxy) is 2. The van der Waals surface area contributed by atoms with Gasteiger partial charge in [-0.3, -0.25) is 9.69 Å². The number of hydrogen-bond acceptors (Lipinski definition) is 7. The zero-order valence-electron chi connectivity index (χ0n) is 15.7. The number of amides is 1. The number of thioether (sulfide) groups is 1. The molecule has 30 heavy (non-hydrogen) atoms. The molecular weight excluding hydrogens is 422 g/mol. The lowest BCUT2D eigenvalue weighted by Crippen LogP contribution is -2.27. The van der Waals surface area contributed by atoms with Crippen LogP contribution in [0.1, 0.15) is 16.1 Å². The smallest absolute Gasteiger partial charge is 0.379 e. The van der Waals surface area contributed by atoms with E-state index in [1.54, 1.807) is 30.3 Å². The van der Waals surface area contributed by atoms with Crippen LogP contribution in [0.25, 0.3) is 6.08 Å². The first-order valence-electron chi connectivity index (χ1n) is 8.83. The molecule has 1 amide bonds. The van der Waals surface area contributed by atoms with Gasteiger partial charge in [0.2, 0.25) is 5.76 Å². The molecule has 1 aliphatic heterocycles. The lowest BCUT2D eigenvalue weighted by atomic mass is 10.1. The summed E-state index contributed by atoms with van der Waals surface area (Å²) < 4.78 is 16.2. The summed E-state index contributed by atoms with van der Waals surface area (Å²) in [5, 5.41) is 0. The van der Waals surface area contributed by atoms with Gasteiger partial charge < -0.3 is 13.9 Å². The van der Waals surface area contributed by atoms with E-state index in [0.29, 0.717) is 20.5 Å². The Labute approximate surface area is 182 Å². The number of para-hydroxylation sites is 1. The minimum Gasteiger partial charge on any atom is -0.493 e. The normalized spacial score (nSPS) is 15.0. The largest absolute Gasteiger partial charge is 0.493 e. The van der Waals surface area contributed by atoms with Crippen LogP contribution in [0.2, 0.25) is 0 Å². The van der Waals surface area contributed by atoms with Crippen LogP contribution in [0.5, 0.6) is 11.5 Å². The van der Waals surface area contributed by atoms with E-state index in [0.717, 1.165) is 5.69 Å². The van der Waals surface area contributed by atoms with Gasteiger partial charge in [-0.15, -0.1) is 0 Å². The molecule has 0 bridgehead atoms. The summed E-state index contributed by atoms with van der Waals surface area (Å²) in [6.45, 7) is 0. The van der Waals surface area contributed by atoms with Gasteiger partial charge in [0.15, 0.2) is 15.8 Å². The molecule has 2 aromatic carbocycles. The molecule has 8 heteroatoms. The van der Waals surface area contributed by atoms with Crippen molar-refractivity contribution in [2.24, 2.45) is 0 Å². The topological polar surface area (TPSA) is 69.0 Å². The van der Waals surface area contributed by atoms with Crippen molar-refractivity contribution in [2.45, 2.75) is 0 Å². The van der Waals surface area contributed by atoms with Crippen LogP contribution < -0.4 is 14.4 Å². The first kappa shape index (κ1) is 19.9. The third kappa shape index (κ3) is 4.00. The Balaban J connectivity index is 1.57. The molecule has 0 aliphatic carbocycles. The van der Waals surface area contributed by atoms with Crippen molar-refractivity contribution in [3.8, 4) is 11.5 Å². The van der Waals surface area contributed by atoms with Crippen molar-refractivity contribution >= 4 is 51.9 Å². The van der Waals surface area contributed by atoms with Gasteiger partial charge in [-0.1, -0.05) is 48.2 Å². The predicted octanol–water partition coefficient (Wildman–Crippen LogP) is 4.91. The maximum atomic E-state index is 12.9. The van der Waals surface area contributed by atoms with Crippen molar-refractivity contribution in [1.29, 1.82) is 0 Å². The van der Waals surface area contributed by atoms with E-state index in [2.05, 4.69) is 0 Å². The monoisotopic (exact) mass is 437 g/mol. The molecule has 1 aliphatic rings. The number of carbonyl (C=O) groups is 2. The molecule has 0 saturated carbocycles. The van der Waals surface area contributed by atoms with Gasteiger partial charge >= 0.3 is 5.97 Å². The number of anilines is 1. The highest BCUT2D eigenvalue weighted by molar-refractivity contribution is 8.27. The summed E-state index contributed by atoms with van der Waals surface area (Å²) in [5.74, 6) is -0.140. The van der Waals surface area contributed by atoms with Crippen LogP contribution in [0.4, 0.5) is 5.69 Å². The number of methoxy groups -OCH3 is 1. The highest BCUT2D eigenvalue weighted by atomic mass is 32.2. The van der Waals surface area contributed by atoms with E-state index in [-0.39, 0.29) is 17.4 Å². The van der Waals surface area contributed by atoms with Crippen LogP contribution in [0.15, 0.2) is 76.2 Å². The Hall–Kier alpha value is -3.36. The average molecular weight is 437 g/mol. The highest BCUT2D eigenvalue weighted by Gasteiger charge is 2.33. The number of benzene rings is 2. The van der Waals surface area contributed by atoms with Gasteiger partial charge in [0.1, 0.15) is 0 Å². The molecule has 3 aromatic rings. The fourth-order valence-electron chi connectivity index (χ4n) is 2.82. The van der Waals surface area contributed by atoms with Crippen LogP contribution >= 0.6 is 24.0 Å². The summed E-state index contributed by atoms with van der Waals surface area (Å²) in [6, 6.07) is 17.4. The molecule has 150 valence electrons. The van der Waals surface area contributed by atoms with Crippen LogP contribution in [0.3, 0.4) is 0 Å². The molecule has 4 rings (SSSR count). The van der Waals surface area contributed by atoms with E-state index < -0.39 is 5.97 Å². The van der Waals surface area contributed by atoms with Crippen molar-refractivity contribution in [2.75, 3.05) is 12.0 Å². The Bertz CT molecular complexity index is 1140. The van der Waals surface area contributed by atoms with Crippen LogP contribution in [-0.2, 0) is 4.79 Å².